The summed E-state index contributed by atoms with van der Waals surface area (Å²) in [5, 5.41) is 10.0. The second-order valence-electron chi connectivity index (χ2n) is 10.7. The van der Waals surface area contributed by atoms with Crippen LogP contribution in [0.3, 0.4) is 0 Å². The van der Waals surface area contributed by atoms with Gasteiger partial charge >= 0.3 is 12.1 Å². The van der Waals surface area contributed by atoms with E-state index >= 15 is 0 Å². The zero-order chi connectivity index (χ0) is 29.4. The van der Waals surface area contributed by atoms with E-state index in [0.29, 0.717) is 11.7 Å². The summed E-state index contributed by atoms with van der Waals surface area (Å²) in [6.07, 6.45) is -1.43. The molecule has 0 atom stereocenters. The Kier molecular flexibility index (Phi) is 8.44. The highest BCUT2D eigenvalue weighted by Gasteiger charge is 2.36. The number of anilines is 1. The van der Waals surface area contributed by atoms with Gasteiger partial charge in [-0.25, -0.2) is 9.78 Å². The Labute approximate surface area is 230 Å². The summed E-state index contributed by atoms with van der Waals surface area (Å²) >= 11 is 0. The zero-order valence-electron chi connectivity index (χ0n) is 23.2. The van der Waals surface area contributed by atoms with E-state index in [-0.39, 0.29) is 52.5 Å². The third-order valence-corrected chi connectivity index (χ3v) is 7.46. The van der Waals surface area contributed by atoms with E-state index < -0.39 is 23.5 Å². The fourth-order valence-corrected chi connectivity index (χ4v) is 5.28. The first-order valence-corrected chi connectivity index (χ1v) is 13.3. The van der Waals surface area contributed by atoms with Gasteiger partial charge in [0.25, 0.3) is 0 Å². The first-order chi connectivity index (χ1) is 18.8. The lowest BCUT2D eigenvalue weighted by molar-refractivity contribution is -0.138. The van der Waals surface area contributed by atoms with Crippen molar-refractivity contribution in [3.8, 4) is 11.5 Å². The quantitative estimate of drug-likeness (QED) is 0.325. The predicted molar refractivity (Wildman–Crippen MR) is 144 cm³/mol. The zero-order valence-corrected chi connectivity index (χ0v) is 23.2. The van der Waals surface area contributed by atoms with E-state index in [0.717, 1.165) is 37.8 Å². The molecule has 0 saturated heterocycles. The van der Waals surface area contributed by atoms with Gasteiger partial charge in [0.2, 0.25) is 5.91 Å². The minimum atomic E-state index is -4.75. The molecule has 216 valence electrons. The molecule has 40 heavy (non-hydrogen) atoms. The number of hydrogen-bond donors (Lipinski definition) is 1. The van der Waals surface area contributed by atoms with Crippen molar-refractivity contribution >= 4 is 28.6 Å². The number of carboxylic acids is 1. The maximum Gasteiger partial charge on any atom is 0.420 e. The molecule has 1 amide bonds. The number of carbonyl (C=O) groups is 2. The van der Waals surface area contributed by atoms with Crippen LogP contribution < -0.4 is 9.64 Å². The van der Waals surface area contributed by atoms with Gasteiger partial charge in [-0.3, -0.25) is 4.79 Å². The number of nitrogens with zero attached hydrogens (tertiary/aromatic N) is 3. The highest BCUT2D eigenvalue weighted by atomic mass is 19.4. The van der Waals surface area contributed by atoms with Crippen LogP contribution in [0.2, 0.25) is 0 Å². The lowest BCUT2D eigenvalue weighted by Crippen LogP contribution is -2.42. The summed E-state index contributed by atoms with van der Waals surface area (Å²) in [5.74, 6) is -1.33. The number of aromatic carboxylic acids is 1. The molecule has 1 saturated carbocycles. The third kappa shape index (κ3) is 5.94. The second kappa shape index (κ2) is 11.5. The predicted octanol–water partition coefficient (Wildman–Crippen LogP) is 6.80. The van der Waals surface area contributed by atoms with E-state index in [1.165, 1.54) is 34.8 Å². The lowest BCUT2D eigenvalue weighted by Gasteiger charge is -2.34. The standard InChI is InChI=1S/C29H34F3N3O5/c1-16(2)35(27(36)18-8-6-17(3)7-9-18)23-11-10-19(12-20(23)28(37)38)40-25-14-22-24(13-21(25)29(30,31)32)34(4)26(33-22)15-39-5/h10-14,16-18H,6-9,15H2,1-5H3,(H,37,38)/t17-,18-. The van der Waals surface area contributed by atoms with Crippen LogP contribution >= 0.6 is 0 Å². The Balaban J connectivity index is 1.73. The van der Waals surface area contributed by atoms with Crippen LogP contribution in [0, 0.1) is 11.8 Å². The van der Waals surface area contributed by atoms with E-state index in [9.17, 15) is 27.9 Å². The van der Waals surface area contributed by atoms with Gasteiger partial charge in [-0.05, 0) is 69.7 Å². The number of ether oxygens (including phenoxy) is 2. The van der Waals surface area contributed by atoms with Crippen molar-refractivity contribution in [2.75, 3.05) is 12.0 Å². The topological polar surface area (TPSA) is 93.9 Å². The highest BCUT2D eigenvalue weighted by molar-refractivity contribution is 6.03. The number of carbonyl (C=O) groups excluding carboxylic acids is 1. The van der Waals surface area contributed by atoms with Crippen LogP contribution in [-0.2, 0) is 29.4 Å². The van der Waals surface area contributed by atoms with Crippen molar-refractivity contribution in [1.82, 2.24) is 9.55 Å². The average molecular weight is 562 g/mol. The number of imidazole rings is 1. The molecule has 11 heteroatoms. The first kappa shape index (κ1) is 29.4. The van der Waals surface area contributed by atoms with Gasteiger partial charge in [-0.1, -0.05) is 6.92 Å². The molecule has 1 aliphatic rings. The van der Waals surface area contributed by atoms with Crippen molar-refractivity contribution in [2.24, 2.45) is 18.9 Å². The molecule has 0 unspecified atom stereocenters. The summed E-state index contributed by atoms with van der Waals surface area (Å²) in [5.41, 5.74) is -0.571. The van der Waals surface area contributed by atoms with Crippen molar-refractivity contribution in [3.63, 3.8) is 0 Å². The number of halogens is 3. The number of benzene rings is 2. The number of hydrogen-bond acceptors (Lipinski definition) is 5. The van der Waals surface area contributed by atoms with E-state index in [4.69, 9.17) is 9.47 Å². The van der Waals surface area contributed by atoms with Crippen molar-refractivity contribution < 1.29 is 37.3 Å². The minimum absolute atomic E-state index is 0.108. The molecule has 1 aliphatic carbocycles. The summed E-state index contributed by atoms with van der Waals surface area (Å²) in [6.45, 7) is 5.86. The molecule has 2 aromatic carbocycles. The number of aromatic nitrogens is 2. The summed E-state index contributed by atoms with van der Waals surface area (Å²) in [4.78, 5) is 31.6. The van der Waals surface area contributed by atoms with Crippen LogP contribution in [0.15, 0.2) is 30.3 Å². The number of rotatable bonds is 8. The molecular formula is C29H34F3N3O5. The SMILES string of the molecule is COCc1nc2cc(Oc3ccc(N(C(=O)[C@H]4CC[C@H](C)CC4)C(C)C)c(C(=O)O)c3)c(C(F)(F)F)cc2n1C. The van der Waals surface area contributed by atoms with Gasteiger partial charge in [0.05, 0.1) is 22.3 Å². The van der Waals surface area contributed by atoms with E-state index in [1.807, 2.05) is 0 Å². The van der Waals surface area contributed by atoms with E-state index in [1.54, 1.807) is 20.9 Å². The van der Waals surface area contributed by atoms with Crippen molar-refractivity contribution in [3.05, 3.63) is 47.3 Å². The number of amides is 1. The number of alkyl halides is 3. The molecule has 1 N–H and O–H groups in total. The van der Waals surface area contributed by atoms with Crippen LogP contribution in [-0.4, -0.2) is 39.7 Å². The highest BCUT2D eigenvalue weighted by Crippen LogP contribution is 2.41. The minimum Gasteiger partial charge on any atom is -0.478 e. The Morgan fingerprint density at radius 1 is 1.15 bits per heavy atom. The number of fused-ring (bicyclic) bond motifs is 1. The fraction of sp³-hybridized carbons (Fsp3) is 0.483. The van der Waals surface area contributed by atoms with Gasteiger partial charge < -0.3 is 24.0 Å². The van der Waals surface area contributed by atoms with Crippen LogP contribution in [0.5, 0.6) is 11.5 Å². The fourth-order valence-electron chi connectivity index (χ4n) is 5.28. The van der Waals surface area contributed by atoms with Gasteiger partial charge in [0.15, 0.2) is 0 Å². The Morgan fingerprint density at radius 2 is 1.82 bits per heavy atom. The summed E-state index contributed by atoms with van der Waals surface area (Å²) in [7, 11) is 3.06. The maximum atomic E-state index is 14.0. The van der Waals surface area contributed by atoms with Gasteiger partial charge in [-0.15, -0.1) is 0 Å². The number of carboxylic acid groups (broad SMARTS) is 1. The molecule has 0 bridgehead atoms. The molecule has 0 radical (unpaired) electrons. The second-order valence-corrected chi connectivity index (χ2v) is 10.7. The molecule has 0 aliphatic heterocycles. The van der Waals surface area contributed by atoms with Crippen molar-refractivity contribution in [1.29, 1.82) is 0 Å². The Morgan fingerprint density at radius 3 is 2.40 bits per heavy atom. The average Bonchev–Trinajstić information content (AvgIpc) is 3.18. The normalized spacial score (nSPS) is 17.8. The van der Waals surface area contributed by atoms with Gasteiger partial charge in [-0.2, -0.15) is 13.2 Å². The number of aryl methyl sites for hydroxylation is 1. The maximum absolute atomic E-state index is 14.0. The summed E-state index contributed by atoms with van der Waals surface area (Å²) in [6, 6.07) is 5.76. The molecule has 8 nitrogen and oxygen atoms in total. The molecule has 1 heterocycles. The first-order valence-electron chi connectivity index (χ1n) is 13.3. The van der Waals surface area contributed by atoms with Crippen LogP contribution in [0.25, 0.3) is 11.0 Å². The van der Waals surface area contributed by atoms with Gasteiger partial charge in [0, 0.05) is 32.2 Å². The van der Waals surface area contributed by atoms with E-state index in [2.05, 4.69) is 11.9 Å². The van der Waals surface area contributed by atoms with Crippen LogP contribution in [0.4, 0.5) is 18.9 Å². The van der Waals surface area contributed by atoms with Gasteiger partial charge in [0.1, 0.15) is 29.5 Å². The smallest absolute Gasteiger partial charge is 0.420 e. The number of methoxy groups -OCH3 is 1. The molecule has 3 aromatic rings. The molecule has 1 aromatic heterocycles. The van der Waals surface area contributed by atoms with Crippen molar-refractivity contribution in [2.45, 2.75) is 65.3 Å². The molecule has 4 rings (SSSR count). The monoisotopic (exact) mass is 561 g/mol. The van der Waals surface area contributed by atoms with Crippen LogP contribution in [0.1, 0.15) is 68.2 Å². The summed E-state index contributed by atoms with van der Waals surface area (Å²) < 4.78 is 54.4. The molecule has 0 spiro atoms. The largest absolute Gasteiger partial charge is 0.478 e. The molecular weight excluding hydrogens is 527 g/mol. The molecule has 1 fully saturated rings. The third-order valence-electron chi connectivity index (χ3n) is 7.46. The lowest BCUT2D eigenvalue weighted by atomic mass is 9.82. The Bertz CT molecular complexity index is 1410. The Hall–Kier alpha value is -3.60.